The largest absolute Gasteiger partial charge is 0.235 e. The van der Waals surface area contributed by atoms with Gasteiger partial charge in [-0.2, -0.15) is 9.61 Å². The Morgan fingerprint density at radius 3 is 2.52 bits per heavy atom. The van der Waals surface area contributed by atoms with Crippen molar-refractivity contribution >= 4 is 27.9 Å². The SMILES string of the molecule is Fc1cc(Cl)c(-c2nn3c(-c4ccccc4)nnc3s2)cc1F. The molecule has 114 valence electrons. The first-order chi connectivity index (χ1) is 11.1. The molecule has 4 aromatic rings. The van der Waals surface area contributed by atoms with Crippen LogP contribution >= 0.6 is 22.9 Å². The minimum absolute atomic E-state index is 0.0927. The molecule has 0 aliphatic rings. The summed E-state index contributed by atoms with van der Waals surface area (Å²) in [5.41, 5.74) is 1.17. The summed E-state index contributed by atoms with van der Waals surface area (Å²) < 4.78 is 28.2. The predicted molar refractivity (Wildman–Crippen MR) is 84.5 cm³/mol. The lowest BCUT2D eigenvalue weighted by Gasteiger charge is -2.01. The second-order valence-corrected chi connectivity index (χ2v) is 6.10. The van der Waals surface area contributed by atoms with E-state index >= 15 is 0 Å². The lowest BCUT2D eigenvalue weighted by atomic mass is 10.2. The van der Waals surface area contributed by atoms with Crippen LogP contribution in [0.25, 0.3) is 26.9 Å². The molecule has 2 aromatic heterocycles. The van der Waals surface area contributed by atoms with Crippen LogP contribution in [0.5, 0.6) is 0 Å². The molecule has 2 aromatic carbocycles. The Kier molecular flexibility index (Phi) is 3.32. The molecule has 2 heterocycles. The van der Waals surface area contributed by atoms with Crippen molar-refractivity contribution in [1.29, 1.82) is 0 Å². The highest BCUT2D eigenvalue weighted by atomic mass is 35.5. The molecule has 4 rings (SSSR count). The number of rotatable bonds is 2. The summed E-state index contributed by atoms with van der Waals surface area (Å²) in [6.45, 7) is 0. The van der Waals surface area contributed by atoms with Crippen LogP contribution in [0.15, 0.2) is 42.5 Å². The molecular weight excluding hydrogens is 342 g/mol. The number of nitrogens with zero attached hydrogens (tertiary/aromatic N) is 4. The predicted octanol–water partition coefficient (Wildman–Crippen LogP) is 4.45. The first-order valence-corrected chi connectivity index (χ1v) is 7.75. The van der Waals surface area contributed by atoms with Crippen LogP contribution in [0, 0.1) is 11.6 Å². The van der Waals surface area contributed by atoms with Crippen LogP contribution in [-0.4, -0.2) is 19.8 Å². The lowest BCUT2D eigenvalue weighted by molar-refractivity contribution is 0.509. The zero-order valence-electron chi connectivity index (χ0n) is 11.4. The fourth-order valence-corrected chi connectivity index (χ4v) is 3.35. The van der Waals surface area contributed by atoms with Crippen molar-refractivity contribution in [3.8, 4) is 22.0 Å². The Morgan fingerprint density at radius 2 is 1.74 bits per heavy atom. The maximum atomic E-state index is 13.5. The Hall–Kier alpha value is -2.38. The third-order valence-electron chi connectivity index (χ3n) is 3.26. The Morgan fingerprint density at radius 1 is 1.00 bits per heavy atom. The fourth-order valence-electron chi connectivity index (χ4n) is 2.18. The Labute approximate surface area is 138 Å². The number of aromatic nitrogens is 4. The molecule has 8 heteroatoms. The average molecular weight is 349 g/mol. The van der Waals surface area contributed by atoms with Gasteiger partial charge in [-0.15, -0.1) is 10.2 Å². The summed E-state index contributed by atoms with van der Waals surface area (Å²) in [6, 6.07) is 11.4. The van der Waals surface area contributed by atoms with Gasteiger partial charge in [-0.3, -0.25) is 0 Å². The molecule has 0 N–H and O–H groups in total. The van der Waals surface area contributed by atoms with E-state index < -0.39 is 11.6 Å². The fraction of sp³-hybridized carbons (Fsp3) is 0. The molecule has 23 heavy (non-hydrogen) atoms. The first-order valence-electron chi connectivity index (χ1n) is 6.56. The third kappa shape index (κ3) is 2.38. The zero-order valence-corrected chi connectivity index (χ0v) is 12.9. The van der Waals surface area contributed by atoms with E-state index in [4.69, 9.17) is 11.6 Å². The maximum Gasteiger partial charge on any atom is 0.235 e. The van der Waals surface area contributed by atoms with Gasteiger partial charge in [0.25, 0.3) is 0 Å². The van der Waals surface area contributed by atoms with E-state index in [2.05, 4.69) is 15.3 Å². The second kappa shape index (κ2) is 5.36. The summed E-state index contributed by atoms with van der Waals surface area (Å²) in [4.78, 5) is 0.541. The van der Waals surface area contributed by atoms with Crippen LogP contribution in [-0.2, 0) is 0 Å². The lowest BCUT2D eigenvalue weighted by Crippen LogP contribution is -1.92. The number of halogens is 3. The summed E-state index contributed by atoms with van der Waals surface area (Å²) >= 11 is 7.20. The van der Waals surface area contributed by atoms with Gasteiger partial charge in [-0.05, 0) is 12.1 Å². The standard InChI is InChI=1S/C15H7ClF2N4S/c16-10-7-12(18)11(17)6-9(10)14-21-22-13(19-20-15(22)23-14)8-4-2-1-3-5-8/h1-7H. The summed E-state index contributed by atoms with van der Waals surface area (Å²) in [5, 5.41) is 13.1. The summed E-state index contributed by atoms with van der Waals surface area (Å²) in [5.74, 6) is -1.40. The second-order valence-electron chi connectivity index (χ2n) is 4.74. The van der Waals surface area contributed by atoms with Crippen molar-refractivity contribution in [3.05, 3.63) is 59.1 Å². The van der Waals surface area contributed by atoms with E-state index in [1.807, 2.05) is 30.3 Å². The Balaban J connectivity index is 1.88. The van der Waals surface area contributed by atoms with Crippen LogP contribution in [0.2, 0.25) is 5.02 Å². The number of hydrogen-bond donors (Lipinski definition) is 0. The highest BCUT2D eigenvalue weighted by Crippen LogP contribution is 2.33. The van der Waals surface area contributed by atoms with Gasteiger partial charge in [0, 0.05) is 11.1 Å². The molecule has 4 nitrogen and oxygen atoms in total. The number of benzene rings is 2. The van der Waals surface area contributed by atoms with Crippen molar-refractivity contribution in [2.45, 2.75) is 0 Å². The van der Waals surface area contributed by atoms with Crippen LogP contribution in [0.1, 0.15) is 0 Å². The maximum absolute atomic E-state index is 13.5. The zero-order chi connectivity index (χ0) is 16.0. The minimum atomic E-state index is -0.994. The van der Waals surface area contributed by atoms with E-state index in [0.717, 1.165) is 17.7 Å². The molecule has 0 radical (unpaired) electrons. The monoisotopic (exact) mass is 348 g/mol. The van der Waals surface area contributed by atoms with Crippen LogP contribution in [0.4, 0.5) is 8.78 Å². The van der Waals surface area contributed by atoms with Crippen molar-refractivity contribution in [2.24, 2.45) is 0 Å². The molecule has 0 spiro atoms. The molecule has 0 saturated heterocycles. The van der Waals surface area contributed by atoms with E-state index in [1.165, 1.54) is 11.3 Å². The Bertz CT molecular complexity index is 1010. The van der Waals surface area contributed by atoms with Gasteiger partial charge in [0.1, 0.15) is 5.01 Å². The van der Waals surface area contributed by atoms with E-state index in [0.29, 0.717) is 21.4 Å². The number of hydrogen-bond acceptors (Lipinski definition) is 4. The summed E-state index contributed by atoms with van der Waals surface area (Å²) in [6.07, 6.45) is 0. The molecule has 0 saturated carbocycles. The normalized spacial score (nSPS) is 11.3. The molecule has 0 fully saturated rings. The van der Waals surface area contributed by atoms with E-state index in [9.17, 15) is 8.78 Å². The average Bonchev–Trinajstić information content (AvgIpc) is 3.12. The summed E-state index contributed by atoms with van der Waals surface area (Å²) in [7, 11) is 0. The van der Waals surface area contributed by atoms with Crippen molar-refractivity contribution < 1.29 is 8.78 Å². The first kappa shape index (κ1) is 14.2. The van der Waals surface area contributed by atoms with Gasteiger partial charge >= 0.3 is 0 Å². The molecule has 0 amide bonds. The van der Waals surface area contributed by atoms with Gasteiger partial charge in [0.2, 0.25) is 4.96 Å². The minimum Gasteiger partial charge on any atom is -0.204 e. The van der Waals surface area contributed by atoms with E-state index in [-0.39, 0.29) is 5.02 Å². The molecule has 0 bridgehead atoms. The smallest absolute Gasteiger partial charge is 0.204 e. The topological polar surface area (TPSA) is 43.1 Å². The molecule has 0 aliphatic carbocycles. The molecule has 0 aliphatic heterocycles. The van der Waals surface area contributed by atoms with E-state index in [1.54, 1.807) is 4.52 Å². The highest BCUT2D eigenvalue weighted by Gasteiger charge is 2.17. The highest BCUT2D eigenvalue weighted by molar-refractivity contribution is 7.19. The molecule has 0 unspecified atom stereocenters. The van der Waals surface area contributed by atoms with Crippen molar-refractivity contribution in [1.82, 2.24) is 19.8 Å². The van der Waals surface area contributed by atoms with Gasteiger partial charge in [-0.1, -0.05) is 53.3 Å². The van der Waals surface area contributed by atoms with Gasteiger partial charge in [0.05, 0.1) is 5.02 Å². The molecular formula is C15H7ClF2N4S. The third-order valence-corrected chi connectivity index (χ3v) is 4.51. The van der Waals surface area contributed by atoms with Crippen LogP contribution < -0.4 is 0 Å². The van der Waals surface area contributed by atoms with Crippen molar-refractivity contribution in [3.63, 3.8) is 0 Å². The van der Waals surface area contributed by atoms with Gasteiger partial charge in [0.15, 0.2) is 17.5 Å². The van der Waals surface area contributed by atoms with Gasteiger partial charge < -0.3 is 0 Å². The van der Waals surface area contributed by atoms with Crippen molar-refractivity contribution in [2.75, 3.05) is 0 Å². The quantitative estimate of drug-likeness (QED) is 0.503. The molecule has 0 atom stereocenters. The van der Waals surface area contributed by atoms with Crippen LogP contribution in [0.3, 0.4) is 0 Å². The van der Waals surface area contributed by atoms with Gasteiger partial charge in [-0.25, -0.2) is 8.78 Å². The number of fused-ring (bicyclic) bond motifs is 1.